The summed E-state index contributed by atoms with van der Waals surface area (Å²) in [6.07, 6.45) is 2.66. The topological polar surface area (TPSA) is 93.2 Å². The second-order valence-electron chi connectivity index (χ2n) is 12.9. The lowest BCUT2D eigenvalue weighted by Crippen LogP contribution is -2.58. The normalized spacial score (nSPS) is 25.0. The van der Waals surface area contributed by atoms with Gasteiger partial charge in [0.2, 0.25) is 11.7 Å². The fourth-order valence-electron chi connectivity index (χ4n) is 7.07. The van der Waals surface area contributed by atoms with Gasteiger partial charge in [-0.25, -0.2) is 14.0 Å². The van der Waals surface area contributed by atoms with E-state index < -0.39 is 34.8 Å². The number of rotatable bonds is 5. The molecule has 2 fully saturated rings. The zero-order chi connectivity index (χ0) is 31.1. The fraction of sp³-hybridized carbons (Fsp3) is 0.515. The number of esters is 1. The van der Waals surface area contributed by atoms with Gasteiger partial charge in [0.1, 0.15) is 11.4 Å². The lowest BCUT2D eigenvalue weighted by molar-refractivity contribution is -0.154. The number of ketones is 1. The molecule has 43 heavy (non-hydrogen) atoms. The Balaban J connectivity index is 1.49. The highest BCUT2D eigenvalue weighted by molar-refractivity contribution is 9.10. The first-order chi connectivity index (χ1) is 20.3. The lowest BCUT2D eigenvalue weighted by atomic mass is 9.67. The number of carbonyl (C=O) groups excluding carboxylic acids is 4. The molecule has 2 amide bonds. The molecule has 5 rings (SSSR count). The highest BCUT2D eigenvalue weighted by Crippen LogP contribution is 2.51. The largest absolute Gasteiger partial charge is 0.463 e. The summed E-state index contributed by atoms with van der Waals surface area (Å²) < 4.78 is 25.1. The molecule has 2 aromatic carbocycles. The maximum Gasteiger partial charge on any atom is 0.414 e. The van der Waals surface area contributed by atoms with E-state index in [-0.39, 0.29) is 30.2 Å². The van der Waals surface area contributed by atoms with Crippen LogP contribution in [0.5, 0.6) is 0 Å². The third-order valence-corrected chi connectivity index (χ3v) is 9.61. The van der Waals surface area contributed by atoms with Gasteiger partial charge in [0.05, 0.1) is 25.4 Å². The third kappa shape index (κ3) is 6.21. The van der Waals surface area contributed by atoms with Gasteiger partial charge in [-0.15, -0.1) is 0 Å². The van der Waals surface area contributed by atoms with Crippen LogP contribution in [0, 0.1) is 17.7 Å². The predicted octanol–water partition coefficient (Wildman–Crippen LogP) is 5.97. The van der Waals surface area contributed by atoms with E-state index in [4.69, 9.17) is 4.74 Å². The van der Waals surface area contributed by atoms with Crippen molar-refractivity contribution in [3.05, 3.63) is 63.9 Å². The summed E-state index contributed by atoms with van der Waals surface area (Å²) >= 11 is 3.57. The van der Waals surface area contributed by atoms with E-state index in [9.17, 15) is 23.6 Å². The van der Waals surface area contributed by atoms with Gasteiger partial charge in [0.15, 0.2) is 0 Å². The van der Waals surface area contributed by atoms with Crippen LogP contribution >= 0.6 is 15.9 Å². The number of anilines is 1. The Kier molecular flexibility index (Phi) is 8.71. The number of ether oxygens (including phenoxy) is 2. The van der Waals surface area contributed by atoms with Gasteiger partial charge in [-0.3, -0.25) is 14.5 Å². The van der Waals surface area contributed by atoms with Crippen molar-refractivity contribution >= 4 is 45.4 Å². The Morgan fingerprint density at radius 2 is 1.65 bits per heavy atom. The molecule has 230 valence electrons. The molecule has 1 saturated carbocycles. The molecule has 0 aromatic heterocycles. The molecule has 1 saturated heterocycles. The molecule has 8 nitrogen and oxygen atoms in total. The van der Waals surface area contributed by atoms with Gasteiger partial charge < -0.3 is 14.4 Å². The van der Waals surface area contributed by atoms with Gasteiger partial charge >= 0.3 is 12.1 Å². The van der Waals surface area contributed by atoms with E-state index in [1.165, 1.54) is 19.2 Å². The van der Waals surface area contributed by atoms with E-state index in [1.807, 2.05) is 43.9 Å². The zero-order valence-corrected chi connectivity index (χ0v) is 26.6. The minimum Gasteiger partial charge on any atom is -0.463 e. The van der Waals surface area contributed by atoms with Crippen LogP contribution < -0.4 is 4.90 Å². The van der Waals surface area contributed by atoms with Crippen molar-refractivity contribution in [1.82, 2.24) is 4.90 Å². The standard InChI is InChI=1S/C33H38BrFN2O6/c1-32(2,3)43-31(41)37-19-27-33(18-20-5-12-24(35)13-6-20,25-14-11-23(34)17-26(25)37)15-16-36(27)29(39)22-9-7-21(8-10-22)28(38)30(40)42-4/h5-6,11-14,17,21-22,27H,7-10,15-16,18-19H2,1-4H3. The summed E-state index contributed by atoms with van der Waals surface area (Å²) in [6.45, 7) is 6.22. The summed E-state index contributed by atoms with van der Waals surface area (Å²) in [5, 5.41) is 0. The van der Waals surface area contributed by atoms with Crippen molar-refractivity contribution in [2.75, 3.05) is 25.1 Å². The quantitative estimate of drug-likeness (QED) is 0.291. The number of benzene rings is 2. The SMILES string of the molecule is COC(=O)C(=O)C1CCC(C(=O)N2CCC3(Cc4ccc(F)cc4)c4ccc(Br)cc4N(C(=O)OC(C)(C)C)CC23)CC1. The van der Waals surface area contributed by atoms with E-state index >= 15 is 0 Å². The van der Waals surface area contributed by atoms with E-state index in [0.717, 1.165) is 21.3 Å². The Bertz CT molecular complexity index is 1420. The molecule has 2 aromatic rings. The Morgan fingerprint density at radius 1 is 1.00 bits per heavy atom. The molecular formula is C33H38BrFN2O6. The Morgan fingerprint density at radius 3 is 2.28 bits per heavy atom. The number of carbonyl (C=O) groups is 4. The summed E-state index contributed by atoms with van der Waals surface area (Å²) in [5.41, 5.74) is 1.40. The van der Waals surface area contributed by atoms with Gasteiger partial charge in [0, 0.05) is 28.3 Å². The van der Waals surface area contributed by atoms with Crippen LogP contribution in [0.1, 0.15) is 64.0 Å². The second kappa shape index (κ2) is 12.0. The third-order valence-electron chi connectivity index (χ3n) is 9.12. The van der Waals surface area contributed by atoms with Crippen molar-refractivity contribution in [1.29, 1.82) is 0 Å². The van der Waals surface area contributed by atoms with Crippen molar-refractivity contribution in [2.24, 2.45) is 11.8 Å². The number of methoxy groups -OCH3 is 1. The molecule has 1 aliphatic carbocycles. The molecule has 3 aliphatic rings. The number of amides is 2. The molecule has 0 radical (unpaired) electrons. The monoisotopic (exact) mass is 656 g/mol. The maximum atomic E-state index is 14.2. The lowest BCUT2D eigenvalue weighted by Gasteiger charge is -2.48. The first-order valence-electron chi connectivity index (χ1n) is 14.8. The minimum absolute atomic E-state index is 0.000325. The molecule has 2 aliphatic heterocycles. The summed E-state index contributed by atoms with van der Waals surface area (Å²) in [6, 6.07) is 12.0. The van der Waals surface area contributed by atoms with Gasteiger partial charge in [-0.05, 0) is 94.7 Å². The van der Waals surface area contributed by atoms with Crippen LogP contribution in [0.4, 0.5) is 14.9 Å². The highest BCUT2D eigenvalue weighted by Gasteiger charge is 2.56. The van der Waals surface area contributed by atoms with Crippen LogP contribution in [0.15, 0.2) is 46.9 Å². The number of Topliss-reactive ketones (excluding diaryl/α,β-unsaturated/α-hetero) is 1. The Labute approximate surface area is 260 Å². The molecule has 0 spiro atoms. The van der Waals surface area contributed by atoms with Crippen molar-refractivity contribution in [3.63, 3.8) is 0 Å². The molecule has 2 atom stereocenters. The maximum absolute atomic E-state index is 14.2. The number of hydrogen-bond donors (Lipinski definition) is 0. The number of likely N-dealkylation sites (tertiary alicyclic amines) is 1. The minimum atomic E-state index is -0.838. The number of fused-ring (bicyclic) bond motifs is 3. The molecule has 0 N–H and O–H groups in total. The van der Waals surface area contributed by atoms with E-state index in [1.54, 1.807) is 17.0 Å². The van der Waals surface area contributed by atoms with Crippen LogP contribution in [0.25, 0.3) is 0 Å². The molecule has 2 heterocycles. The first kappa shape index (κ1) is 31.2. The average molecular weight is 658 g/mol. The van der Waals surface area contributed by atoms with Crippen molar-refractivity contribution in [2.45, 2.75) is 76.4 Å². The van der Waals surface area contributed by atoms with Crippen LogP contribution in [0.3, 0.4) is 0 Å². The van der Waals surface area contributed by atoms with Crippen molar-refractivity contribution < 1.29 is 33.0 Å². The number of halogens is 2. The van der Waals surface area contributed by atoms with Gasteiger partial charge in [-0.1, -0.05) is 34.1 Å². The van der Waals surface area contributed by atoms with Crippen LogP contribution in [-0.2, 0) is 35.7 Å². The Hall–Kier alpha value is -3.27. The first-order valence-corrected chi connectivity index (χ1v) is 15.6. The summed E-state index contributed by atoms with van der Waals surface area (Å²) in [5.74, 6) is -2.41. The molecule has 0 bridgehead atoms. The van der Waals surface area contributed by atoms with Crippen molar-refractivity contribution in [3.8, 4) is 0 Å². The van der Waals surface area contributed by atoms with E-state index in [0.29, 0.717) is 45.1 Å². The predicted molar refractivity (Wildman–Crippen MR) is 162 cm³/mol. The van der Waals surface area contributed by atoms with Gasteiger partial charge in [-0.2, -0.15) is 0 Å². The molecular weight excluding hydrogens is 619 g/mol. The average Bonchev–Trinajstić information content (AvgIpc) is 3.34. The fourth-order valence-corrected chi connectivity index (χ4v) is 7.42. The second-order valence-corrected chi connectivity index (χ2v) is 13.8. The van der Waals surface area contributed by atoms with Crippen LogP contribution in [0.2, 0.25) is 0 Å². The van der Waals surface area contributed by atoms with Crippen LogP contribution in [-0.4, -0.2) is 60.5 Å². The smallest absolute Gasteiger partial charge is 0.414 e. The molecule has 10 heteroatoms. The summed E-state index contributed by atoms with van der Waals surface area (Å²) in [4.78, 5) is 55.5. The van der Waals surface area contributed by atoms with E-state index in [2.05, 4.69) is 20.7 Å². The zero-order valence-electron chi connectivity index (χ0n) is 25.0. The highest BCUT2D eigenvalue weighted by atomic mass is 79.9. The summed E-state index contributed by atoms with van der Waals surface area (Å²) in [7, 11) is 1.20. The molecule has 2 unspecified atom stereocenters. The van der Waals surface area contributed by atoms with Gasteiger partial charge in [0.25, 0.3) is 0 Å². The number of nitrogens with zero attached hydrogens (tertiary/aromatic N) is 2. The number of hydrogen-bond acceptors (Lipinski definition) is 6.